The smallest absolute Gasteiger partial charge is 0.310 e. The molecule has 0 atom stereocenters. The fraction of sp³-hybridized carbons (Fsp3) is 0.217. The van der Waals surface area contributed by atoms with Crippen LogP contribution in [0.5, 0.6) is 5.75 Å². The van der Waals surface area contributed by atoms with Crippen LogP contribution in [0.15, 0.2) is 48.5 Å². The summed E-state index contributed by atoms with van der Waals surface area (Å²) in [6.45, 7) is 3.28. The molecular formula is C23H21N3O5. The summed E-state index contributed by atoms with van der Waals surface area (Å²) < 4.78 is 12.3. The zero-order valence-electron chi connectivity index (χ0n) is 17.2. The first kappa shape index (κ1) is 20.3. The van der Waals surface area contributed by atoms with Gasteiger partial charge in [0.15, 0.2) is 19.0 Å². The molecule has 8 nitrogen and oxygen atoms in total. The van der Waals surface area contributed by atoms with Crippen molar-refractivity contribution in [3.63, 3.8) is 0 Å². The average molecular weight is 419 g/mol. The molecule has 1 aliphatic heterocycles. The summed E-state index contributed by atoms with van der Waals surface area (Å²) in [7, 11) is 0. The van der Waals surface area contributed by atoms with Crippen LogP contribution in [0.2, 0.25) is 0 Å². The lowest BCUT2D eigenvalue weighted by Gasteiger charge is -2.18. The Morgan fingerprint density at radius 1 is 1.16 bits per heavy atom. The number of carbonyl (C=O) groups excluding carboxylic acids is 3. The number of anilines is 1. The number of fused-ring (bicyclic) bond motifs is 1. The Morgan fingerprint density at radius 3 is 2.71 bits per heavy atom. The first-order valence-electron chi connectivity index (χ1n) is 9.78. The van der Waals surface area contributed by atoms with Crippen LogP contribution >= 0.6 is 0 Å². The normalized spacial score (nSPS) is 12.5. The summed E-state index contributed by atoms with van der Waals surface area (Å²) in [5, 5.41) is 7.17. The first-order chi connectivity index (χ1) is 14.9. The van der Waals surface area contributed by atoms with E-state index in [1.807, 2.05) is 44.2 Å². The second kappa shape index (κ2) is 8.43. The number of amides is 1. The molecule has 3 aromatic rings. The number of nitrogens with zero attached hydrogens (tertiary/aromatic N) is 2. The van der Waals surface area contributed by atoms with Gasteiger partial charge in [-0.2, -0.15) is 5.10 Å². The Kier molecular flexibility index (Phi) is 5.53. The van der Waals surface area contributed by atoms with Crippen LogP contribution in [-0.2, 0) is 20.7 Å². The van der Waals surface area contributed by atoms with Crippen molar-refractivity contribution in [2.45, 2.75) is 20.3 Å². The van der Waals surface area contributed by atoms with E-state index >= 15 is 0 Å². The van der Waals surface area contributed by atoms with Crippen LogP contribution in [0.25, 0.3) is 5.69 Å². The van der Waals surface area contributed by atoms with E-state index in [1.165, 1.54) is 6.07 Å². The van der Waals surface area contributed by atoms with Crippen LogP contribution in [0.3, 0.4) is 0 Å². The topological polar surface area (TPSA) is 99.5 Å². The van der Waals surface area contributed by atoms with Crippen molar-refractivity contribution in [1.29, 1.82) is 0 Å². The van der Waals surface area contributed by atoms with Crippen molar-refractivity contribution in [2.75, 3.05) is 18.5 Å². The van der Waals surface area contributed by atoms with Crippen molar-refractivity contribution >= 4 is 23.3 Å². The number of Topliss-reactive ketones (excluding diaryl/α,β-unsaturated/α-hetero) is 1. The molecule has 2 aromatic carbocycles. The van der Waals surface area contributed by atoms with Crippen LogP contribution in [0.4, 0.5) is 5.69 Å². The van der Waals surface area contributed by atoms with Gasteiger partial charge in [0, 0.05) is 16.8 Å². The van der Waals surface area contributed by atoms with E-state index in [-0.39, 0.29) is 24.7 Å². The number of hydrogen-bond donors (Lipinski definition) is 1. The van der Waals surface area contributed by atoms with Crippen LogP contribution < -0.4 is 10.1 Å². The number of ketones is 1. The standard InChI is InChI=1S/C23H21N3O5/c1-14-18(15(2)26(25-14)17-6-4-3-5-7-17)11-23(29)31-12-20(27)16-8-9-21-19(10-16)24-22(28)13-30-21/h3-10H,11-13H2,1-2H3,(H,24,28). The van der Waals surface area contributed by atoms with E-state index < -0.39 is 12.6 Å². The highest BCUT2D eigenvalue weighted by atomic mass is 16.5. The minimum absolute atomic E-state index is 0.0197. The predicted octanol–water partition coefficient (Wildman–Crippen LogP) is 2.79. The van der Waals surface area contributed by atoms with E-state index in [9.17, 15) is 14.4 Å². The van der Waals surface area contributed by atoms with Crippen molar-refractivity contribution in [3.8, 4) is 11.4 Å². The summed E-state index contributed by atoms with van der Waals surface area (Å²) >= 11 is 0. The van der Waals surface area contributed by atoms with Gasteiger partial charge in [-0.05, 0) is 44.2 Å². The summed E-state index contributed by atoms with van der Waals surface area (Å²) in [4.78, 5) is 36.3. The number of ether oxygens (including phenoxy) is 2. The van der Waals surface area contributed by atoms with Gasteiger partial charge in [-0.15, -0.1) is 0 Å². The lowest BCUT2D eigenvalue weighted by Crippen LogP contribution is -2.25. The van der Waals surface area contributed by atoms with Gasteiger partial charge in [-0.3, -0.25) is 14.4 Å². The maximum Gasteiger partial charge on any atom is 0.310 e. The largest absolute Gasteiger partial charge is 0.482 e. The minimum Gasteiger partial charge on any atom is -0.482 e. The van der Waals surface area contributed by atoms with E-state index in [0.29, 0.717) is 17.0 Å². The molecule has 31 heavy (non-hydrogen) atoms. The predicted molar refractivity (Wildman–Crippen MR) is 113 cm³/mol. The third kappa shape index (κ3) is 4.32. The zero-order chi connectivity index (χ0) is 22.0. The van der Waals surface area contributed by atoms with Gasteiger partial charge in [0.2, 0.25) is 0 Å². The Bertz CT molecular complexity index is 1170. The third-order valence-corrected chi connectivity index (χ3v) is 5.06. The molecule has 0 spiro atoms. The Balaban J connectivity index is 1.40. The number of esters is 1. The Hall–Kier alpha value is -3.94. The molecule has 1 aromatic heterocycles. The molecule has 0 unspecified atom stereocenters. The van der Waals surface area contributed by atoms with Crippen LogP contribution in [0.1, 0.15) is 27.3 Å². The molecule has 1 aliphatic rings. The summed E-state index contributed by atoms with van der Waals surface area (Å²) in [6.07, 6.45) is 0.0197. The number of carbonyl (C=O) groups is 3. The van der Waals surface area contributed by atoms with Gasteiger partial charge >= 0.3 is 5.97 Å². The number of nitrogens with one attached hydrogen (secondary N) is 1. The molecule has 2 heterocycles. The van der Waals surface area contributed by atoms with Gasteiger partial charge in [0.1, 0.15) is 5.75 Å². The molecule has 0 bridgehead atoms. The highest BCUT2D eigenvalue weighted by molar-refractivity contribution is 6.01. The second-order valence-electron chi connectivity index (χ2n) is 7.21. The maximum atomic E-state index is 12.4. The van der Waals surface area contributed by atoms with Crippen molar-refractivity contribution < 1.29 is 23.9 Å². The molecule has 0 saturated heterocycles. The van der Waals surface area contributed by atoms with E-state index in [2.05, 4.69) is 10.4 Å². The molecule has 1 amide bonds. The van der Waals surface area contributed by atoms with E-state index in [0.717, 1.165) is 22.6 Å². The highest BCUT2D eigenvalue weighted by Gasteiger charge is 2.20. The van der Waals surface area contributed by atoms with Gasteiger partial charge in [0.25, 0.3) is 5.91 Å². The number of aryl methyl sites for hydroxylation is 1. The van der Waals surface area contributed by atoms with Crippen molar-refractivity contribution in [2.24, 2.45) is 0 Å². The molecule has 158 valence electrons. The molecule has 0 radical (unpaired) electrons. The quantitative estimate of drug-likeness (QED) is 0.487. The fourth-order valence-corrected chi connectivity index (χ4v) is 3.43. The fourth-order valence-electron chi connectivity index (χ4n) is 3.43. The summed E-state index contributed by atoms with van der Waals surface area (Å²) in [5.74, 6) is -0.675. The van der Waals surface area contributed by atoms with Crippen LogP contribution in [-0.4, -0.2) is 40.7 Å². The van der Waals surface area contributed by atoms with Gasteiger partial charge < -0.3 is 14.8 Å². The van der Waals surface area contributed by atoms with Crippen LogP contribution in [0, 0.1) is 13.8 Å². The highest BCUT2D eigenvalue weighted by Crippen LogP contribution is 2.28. The molecular weight excluding hydrogens is 398 g/mol. The summed E-state index contributed by atoms with van der Waals surface area (Å²) in [6, 6.07) is 14.3. The maximum absolute atomic E-state index is 12.4. The first-order valence-corrected chi connectivity index (χ1v) is 9.78. The number of hydrogen-bond acceptors (Lipinski definition) is 6. The molecule has 0 saturated carbocycles. The van der Waals surface area contributed by atoms with Gasteiger partial charge in [0.05, 0.1) is 23.5 Å². The lowest BCUT2D eigenvalue weighted by atomic mass is 10.1. The molecule has 0 fully saturated rings. The Morgan fingerprint density at radius 2 is 1.94 bits per heavy atom. The number of aromatic nitrogens is 2. The Labute approximate surface area is 178 Å². The van der Waals surface area contributed by atoms with Crippen molar-refractivity contribution in [3.05, 3.63) is 71.0 Å². The molecule has 4 rings (SSSR count). The second-order valence-corrected chi connectivity index (χ2v) is 7.21. The van der Waals surface area contributed by atoms with E-state index in [1.54, 1.807) is 16.8 Å². The number of benzene rings is 2. The third-order valence-electron chi connectivity index (χ3n) is 5.06. The molecule has 0 aliphatic carbocycles. The summed E-state index contributed by atoms with van der Waals surface area (Å²) in [5.41, 5.74) is 4.00. The average Bonchev–Trinajstić information content (AvgIpc) is 3.05. The van der Waals surface area contributed by atoms with Gasteiger partial charge in [-0.25, -0.2) is 4.68 Å². The monoisotopic (exact) mass is 419 g/mol. The van der Waals surface area contributed by atoms with Gasteiger partial charge in [-0.1, -0.05) is 18.2 Å². The minimum atomic E-state index is -0.512. The molecule has 1 N–H and O–H groups in total. The number of rotatable bonds is 6. The van der Waals surface area contributed by atoms with E-state index in [4.69, 9.17) is 9.47 Å². The zero-order valence-corrected chi connectivity index (χ0v) is 17.2. The number of para-hydroxylation sites is 1. The lowest BCUT2D eigenvalue weighted by molar-refractivity contribution is -0.141. The van der Waals surface area contributed by atoms with Crippen molar-refractivity contribution in [1.82, 2.24) is 9.78 Å². The molecule has 8 heteroatoms. The SMILES string of the molecule is Cc1nn(-c2ccccc2)c(C)c1CC(=O)OCC(=O)c1ccc2c(c1)NC(=O)CO2.